The van der Waals surface area contributed by atoms with Crippen LogP contribution in [0, 0.1) is 0 Å². The number of aryl methyl sites for hydroxylation is 1. The van der Waals surface area contributed by atoms with Crippen molar-refractivity contribution in [2.24, 2.45) is 0 Å². The molecule has 1 aliphatic rings. The number of nitrogens with zero attached hydrogens (tertiary/aromatic N) is 2. The van der Waals surface area contributed by atoms with Crippen LogP contribution in [0.1, 0.15) is 6.42 Å². The molecule has 0 radical (unpaired) electrons. The molecule has 2 heterocycles. The van der Waals surface area contributed by atoms with Crippen molar-refractivity contribution in [2.45, 2.75) is 13.0 Å². The fourth-order valence-electron chi connectivity index (χ4n) is 1.89. The Bertz CT molecular complexity index is 538. The van der Waals surface area contributed by atoms with E-state index in [-0.39, 0.29) is 0 Å². The smallest absolute Gasteiger partial charge is 0.203 e. The van der Waals surface area contributed by atoms with Crippen LogP contribution in [0.4, 0.5) is 0 Å². The maximum Gasteiger partial charge on any atom is 0.203 e. The number of halogens is 2. The molecular weight excluding hydrogens is 279 g/mol. The van der Waals surface area contributed by atoms with Gasteiger partial charge in [0.2, 0.25) is 5.28 Å². The summed E-state index contributed by atoms with van der Waals surface area (Å²) in [5.41, 5.74) is 1.88. The van der Waals surface area contributed by atoms with Gasteiger partial charge in [0.15, 0.2) is 0 Å². The Labute approximate surface area is 100 Å². The van der Waals surface area contributed by atoms with Crippen molar-refractivity contribution in [3.63, 3.8) is 0 Å². The highest BCUT2D eigenvalue weighted by molar-refractivity contribution is 9.10. The number of benzene rings is 1. The van der Waals surface area contributed by atoms with Gasteiger partial charge in [0.1, 0.15) is 11.3 Å². The van der Waals surface area contributed by atoms with Crippen LogP contribution in [0.15, 0.2) is 16.6 Å². The van der Waals surface area contributed by atoms with Gasteiger partial charge in [0.05, 0.1) is 12.1 Å². The van der Waals surface area contributed by atoms with Gasteiger partial charge in [-0.05, 0) is 30.2 Å². The number of hydrogen-bond acceptors (Lipinski definition) is 2. The highest BCUT2D eigenvalue weighted by atomic mass is 79.9. The summed E-state index contributed by atoms with van der Waals surface area (Å²) in [6, 6.07) is 3.91. The number of ether oxygens (including phenoxy) is 1. The van der Waals surface area contributed by atoms with Gasteiger partial charge in [-0.25, -0.2) is 4.98 Å². The monoisotopic (exact) mass is 286 g/mol. The standard InChI is InChI=1S/C10H8BrClN2O/c11-6-4-7-9-8(5-6)15-3-1-2-14(9)10(12)13-7/h4-5H,1-3H2. The predicted molar refractivity (Wildman–Crippen MR) is 62.6 cm³/mol. The molecule has 0 fully saturated rings. The normalized spacial score (nSPS) is 15.1. The van der Waals surface area contributed by atoms with Crippen LogP contribution in [-0.4, -0.2) is 16.2 Å². The van der Waals surface area contributed by atoms with Gasteiger partial charge in [-0.3, -0.25) is 0 Å². The molecule has 0 N–H and O–H groups in total. The number of hydrogen-bond donors (Lipinski definition) is 0. The second-order valence-electron chi connectivity index (χ2n) is 3.51. The molecule has 0 saturated heterocycles. The Morgan fingerprint density at radius 2 is 2.33 bits per heavy atom. The second-order valence-corrected chi connectivity index (χ2v) is 4.76. The molecular formula is C10H8BrClN2O. The molecule has 3 nitrogen and oxygen atoms in total. The molecule has 1 aliphatic heterocycles. The molecule has 1 aromatic heterocycles. The summed E-state index contributed by atoms with van der Waals surface area (Å²) in [7, 11) is 0. The summed E-state index contributed by atoms with van der Waals surface area (Å²) in [5, 5.41) is 0.537. The second kappa shape index (κ2) is 3.39. The summed E-state index contributed by atoms with van der Waals surface area (Å²) in [6.45, 7) is 1.59. The first-order valence-corrected chi connectivity index (χ1v) is 5.91. The predicted octanol–water partition coefficient (Wildman–Crippen LogP) is 3.23. The van der Waals surface area contributed by atoms with E-state index in [2.05, 4.69) is 20.9 Å². The minimum Gasteiger partial charge on any atom is -0.491 e. The summed E-state index contributed by atoms with van der Waals surface area (Å²) in [5.74, 6) is 0.858. The molecule has 3 rings (SSSR count). The van der Waals surface area contributed by atoms with Crippen LogP contribution in [0.2, 0.25) is 5.28 Å². The third-order valence-corrected chi connectivity index (χ3v) is 3.25. The average molecular weight is 288 g/mol. The lowest BCUT2D eigenvalue weighted by atomic mass is 10.3. The highest BCUT2D eigenvalue weighted by Crippen LogP contribution is 2.33. The van der Waals surface area contributed by atoms with Crippen LogP contribution in [0.25, 0.3) is 11.0 Å². The molecule has 0 amide bonds. The van der Waals surface area contributed by atoms with Crippen LogP contribution < -0.4 is 4.74 Å². The van der Waals surface area contributed by atoms with E-state index < -0.39 is 0 Å². The summed E-state index contributed by atoms with van der Waals surface area (Å²) in [4.78, 5) is 4.31. The van der Waals surface area contributed by atoms with E-state index in [0.29, 0.717) is 5.28 Å². The average Bonchev–Trinajstić information content (AvgIpc) is 2.39. The molecule has 5 heteroatoms. The fourth-order valence-corrected chi connectivity index (χ4v) is 2.57. The van der Waals surface area contributed by atoms with Gasteiger partial charge in [-0.1, -0.05) is 15.9 Å². The van der Waals surface area contributed by atoms with Crippen LogP contribution in [0.5, 0.6) is 5.75 Å². The molecule has 0 saturated carbocycles. The quantitative estimate of drug-likeness (QED) is 0.744. The van der Waals surface area contributed by atoms with E-state index in [1.165, 1.54) is 0 Å². The third kappa shape index (κ3) is 1.43. The Morgan fingerprint density at radius 3 is 3.20 bits per heavy atom. The lowest BCUT2D eigenvalue weighted by Crippen LogP contribution is -1.98. The SMILES string of the molecule is Clc1nc2cc(Br)cc3c2n1CCCO3. The van der Waals surface area contributed by atoms with Gasteiger partial charge in [0, 0.05) is 11.0 Å². The summed E-state index contributed by atoms with van der Waals surface area (Å²) in [6.07, 6.45) is 0.956. The topological polar surface area (TPSA) is 27.1 Å². The fraction of sp³-hybridized carbons (Fsp3) is 0.300. The van der Waals surface area contributed by atoms with Crippen molar-refractivity contribution < 1.29 is 4.74 Å². The molecule has 78 valence electrons. The highest BCUT2D eigenvalue weighted by Gasteiger charge is 2.17. The zero-order chi connectivity index (χ0) is 10.4. The molecule has 2 aromatic rings. The van der Waals surface area contributed by atoms with E-state index in [1.54, 1.807) is 0 Å². The van der Waals surface area contributed by atoms with Crippen molar-refractivity contribution in [3.05, 3.63) is 21.9 Å². The molecule has 15 heavy (non-hydrogen) atoms. The van der Waals surface area contributed by atoms with Crippen molar-refractivity contribution in [2.75, 3.05) is 6.61 Å². The molecule has 0 unspecified atom stereocenters. The summed E-state index contributed by atoms with van der Waals surface area (Å²) < 4.78 is 8.64. The Morgan fingerprint density at radius 1 is 1.47 bits per heavy atom. The first-order valence-electron chi connectivity index (χ1n) is 4.74. The minimum absolute atomic E-state index is 0.537. The van der Waals surface area contributed by atoms with Gasteiger partial charge in [-0.2, -0.15) is 0 Å². The molecule has 0 atom stereocenters. The lowest BCUT2D eigenvalue weighted by Gasteiger charge is -2.04. The zero-order valence-electron chi connectivity index (χ0n) is 7.83. The van der Waals surface area contributed by atoms with Gasteiger partial charge < -0.3 is 9.30 Å². The van der Waals surface area contributed by atoms with Crippen LogP contribution >= 0.6 is 27.5 Å². The Kier molecular flexibility index (Phi) is 2.14. The van der Waals surface area contributed by atoms with Crippen molar-refractivity contribution in [3.8, 4) is 5.75 Å². The number of aromatic nitrogens is 2. The van der Waals surface area contributed by atoms with Gasteiger partial charge >= 0.3 is 0 Å². The maximum atomic E-state index is 6.08. The van der Waals surface area contributed by atoms with E-state index in [1.807, 2.05) is 16.7 Å². The molecule has 0 aliphatic carbocycles. The molecule has 1 aromatic carbocycles. The van der Waals surface area contributed by atoms with Crippen molar-refractivity contribution >= 4 is 38.6 Å². The lowest BCUT2D eigenvalue weighted by molar-refractivity contribution is 0.315. The van der Waals surface area contributed by atoms with E-state index in [0.717, 1.165) is 40.8 Å². The van der Waals surface area contributed by atoms with E-state index in [9.17, 15) is 0 Å². The third-order valence-electron chi connectivity index (χ3n) is 2.51. The minimum atomic E-state index is 0.537. The number of rotatable bonds is 0. The van der Waals surface area contributed by atoms with Crippen LogP contribution in [-0.2, 0) is 6.54 Å². The zero-order valence-corrected chi connectivity index (χ0v) is 10.2. The molecule has 0 spiro atoms. The maximum absolute atomic E-state index is 6.08. The van der Waals surface area contributed by atoms with E-state index >= 15 is 0 Å². The van der Waals surface area contributed by atoms with Crippen LogP contribution in [0.3, 0.4) is 0 Å². The van der Waals surface area contributed by atoms with Crippen molar-refractivity contribution in [1.29, 1.82) is 0 Å². The van der Waals surface area contributed by atoms with Gasteiger partial charge in [-0.15, -0.1) is 0 Å². The Hall–Kier alpha value is -0.740. The van der Waals surface area contributed by atoms with E-state index in [4.69, 9.17) is 16.3 Å². The Balaban J connectivity index is 2.42. The first-order chi connectivity index (χ1) is 7.25. The first kappa shape index (κ1) is 9.48. The largest absolute Gasteiger partial charge is 0.491 e. The molecule has 0 bridgehead atoms. The van der Waals surface area contributed by atoms with Gasteiger partial charge in [0.25, 0.3) is 0 Å². The number of imidazole rings is 1. The summed E-state index contributed by atoms with van der Waals surface area (Å²) >= 11 is 9.51. The van der Waals surface area contributed by atoms with Crippen molar-refractivity contribution in [1.82, 2.24) is 9.55 Å².